The summed E-state index contributed by atoms with van der Waals surface area (Å²) in [7, 11) is 1.36. The molecule has 0 radical (unpaired) electrons. The Labute approximate surface area is 202 Å². The van der Waals surface area contributed by atoms with E-state index in [4.69, 9.17) is 19.5 Å². The van der Waals surface area contributed by atoms with Gasteiger partial charge in [0.15, 0.2) is 11.8 Å². The second-order valence-electron chi connectivity index (χ2n) is 7.29. The van der Waals surface area contributed by atoms with Crippen LogP contribution in [-0.4, -0.2) is 24.6 Å². The van der Waals surface area contributed by atoms with Gasteiger partial charge in [-0.2, -0.15) is 5.26 Å². The van der Waals surface area contributed by atoms with E-state index in [1.807, 2.05) is 36.4 Å². The van der Waals surface area contributed by atoms with Crippen molar-refractivity contribution in [2.45, 2.75) is 12.6 Å². The molecule has 35 heavy (non-hydrogen) atoms. The van der Waals surface area contributed by atoms with Gasteiger partial charge in [0.1, 0.15) is 13.2 Å². The number of rotatable bonds is 11. The molecule has 3 aromatic carbocycles. The lowest BCUT2D eigenvalue weighted by atomic mass is 10.0. The fourth-order valence-electron chi connectivity index (χ4n) is 3.25. The monoisotopic (exact) mass is 473 g/mol. The summed E-state index contributed by atoms with van der Waals surface area (Å²) in [5, 5.41) is 24.0. The predicted molar refractivity (Wildman–Crippen MR) is 129 cm³/mol. The van der Waals surface area contributed by atoms with Crippen LogP contribution in [0.1, 0.15) is 22.7 Å². The summed E-state index contributed by atoms with van der Waals surface area (Å²) >= 11 is 0. The topological polar surface area (TPSA) is 124 Å². The van der Waals surface area contributed by atoms with E-state index in [9.17, 15) is 14.9 Å². The lowest BCUT2D eigenvalue weighted by molar-refractivity contribution is -0.386. The third kappa shape index (κ3) is 6.36. The Bertz CT molecular complexity index is 1240. The largest absolute Gasteiger partial charge is 0.493 e. The van der Waals surface area contributed by atoms with E-state index in [0.717, 1.165) is 5.56 Å². The molecule has 0 aliphatic carbocycles. The van der Waals surface area contributed by atoms with Gasteiger partial charge in [0.25, 0.3) is 0 Å². The predicted octanol–water partition coefficient (Wildman–Crippen LogP) is 4.94. The average Bonchev–Trinajstić information content (AvgIpc) is 2.89. The molecule has 1 unspecified atom stereocenters. The lowest BCUT2D eigenvalue weighted by Gasteiger charge is -2.20. The number of methoxy groups -OCH3 is 1. The van der Waals surface area contributed by atoms with E-state index >= 15 is 0 Å². The zero-order valence-corrected chi connectivity index (χ0v) is 19.0. The first-order chi connectivity index (χ1) is 17.0. The maximum absolute atomic E-state index is 12.9. The van der Waals surface area contributed by atoms with Crippen molar-refractivity contribution in [3.8, 4) is 17.6 Å². The van der Waals surface area contributed by atoms with Gasteiger partial charge < -0.3 is 19.5 Å². The van der Waals surface area contributed by atoms with Crippen LogP contribution in [-0.2, 0) is 16.1 Å². The molecule has 0 aliphatic rings. The number of nitrogens with one attached hydrogen (secondary N) is 1. The van der Waals surface area contributed by atoms with Crippen LogP contribution < -0.4 is 14.8 Å². The summed E-state index contributed by atoms with van der Waals surface area (Å²) in [5.74, 6) is -0.640. The Morgan fingerprint density at radius 3 is 2.51 bits per heavy atom. The summed E-state index contributed by atoms with van der Waals surface area (Å²) < 4.78 is 16.4. The van der Waals surface area contributed by atoms with Crippen molar-refractivity contribution in [1.82, 2.24) is 0 Å². The molecule has 0 saturated heterocycles. The number of ether oxygens (including phenoxy) is 3. The highest BCUT2D eigenvalue weighted by Crippen LogP contribution is 2.41. The molecule has 9 heteroatoms. The number of nitro groups is 1. The third-order valence-corrected chi connectivity index (χ3v) is 4.94. The molecule has 3 aromatic rings. The van der Waals surface area contributed by atoms with Gasteiger partial charge in [-0.05, 0) is 41.5 Å². The zero-order valence-electron chi connectivity index (χ0n) is 19.0. The summed E-state index contributed by atoms with van der Waals surface area (Å²) in [6, 6.07) is 19.2. The van der Waals surface area contributed by atoms with Gasteiger partial charge in [0.05, 0.1) is 23.7 Å². The van der Waals surface area contributed by atoms with Gasteiger partial charge in [-0.15, -0.1) is 0 Å². The lowest BCUT2D eigenvalue weighted by Crippen LogP contribution is -2.24. The van der Waals surface area contributed by atoms with Crippen molar-refractivity contribution in [1.29, 1.82) is 5.26 Å². The Kier molecular flexibility index (Phi) is 8.40. The molecule has 0 aromatic heterocycles. The summed E-state index contributed by atoms with van der Waals surface area (Å²) in [5.41, 5.74) is 1.65. The summed E-state index contributed by atoms with van der Waals surface area (Å²) in [6.07, 6.45) is 1.42. The van der Waals surface area contributed by atoms with Crippen LogP contribution in [0.25, 0.3) is 0 Å². The molecular weight excluding hydrogens is 450 g/mol. The van der Waals surface area contributed by atoms with Gasteiger partial charge in [0, 0.05) is 11.8 Å². The van der Waals surface area contributed by atoms with Crippen LogP contribution in [0, 0.1) is 21.4 Å². The third-order valence-electron chi connectivity index (χ3n) is 4.94. The maximum Gasteiger partial charge on any atom is 0.333 e. The Balaban J connectivity index is 2.01. The average molecular weight is 473 g/mol. The van der Waals surface area contributed by atoms with Crippen molar-refractivity contribution in [3.05, 3.63) is 106 Å². The number of carbonyl (C=O) groups excluding carboxylic acids is 1. The van der Waals surface area contributed by atoms with Gasteiger partial charge in [-0.1, -0.05) is 43.0 Å². The summed E-state index contributed by atoms with van der Waals surface area (Å²) in [6.45, 7) is 3.58. The molecule has 0 spiro atoms. The molecule has 178 valence electrons. The number of hydrogen-bond donors (Lipinski definition) is 1. The Hall–Kier alpha value is -4.84. The first-order valence-corrected chi connectivity index (χ1v) is 10.5. The van der Waals surface area contributed by atoms with E-state index in [1.54, 1.807) is 24.3 Å². The minimum atomic E-state index is -1.11. The smallest absolute Gasteiger partial charge is 0.333 e. The van der Waals surface area contributed by atoms with Gasteiger partial charge in [-0.25, -0.2) is 4.79 Å². The maximum atomic E-state index is 12.9. The minimum Gasteiger partial charge on any atom is -0.493 e. The molecule has 0 heterocycles. The number of hydrogen-bond acceptors (Lipinski definition) is 8. The highest BCUT2D eigenvalue weighted by Gasteiger charge is 2.29. The van der Waals surface area contributed by atoms with Crippen molar-refractivity contribution in [2.24, 2.45) is 0 Å². The molecule has 0 saturated carbocycles. The Morgan fingerprint density at radius 1 is 1.20 bits per heavy atom. The van der Waals surface area contributed by atoms with E-state index in [2.05, 4.69) is 11.9 Å². The van der Waals surface area contributed by atoms with Crippen LogP contribution in [0.2, 0.25) is 0 Å². The number of nitriles is 1. The van der Waals surface area contributed by atoms with Crippen LogP contribution >= 0.6 is 0 Å². The van der Waals surface area contributed by atoms with Gasteiger partial charge in [-0.3, -0.25) is 10.1 Å². The van der Waals surface area contributed by atoms with E-state index in [1.165, 1.54) is 25.3 Å². The molecule has 1 atom stereocenters. The quantitative estimate of drug-likeness (QED) is 0.180. The number of esters is 1. The second kappa shape index (κ2) is 11.9. The highest BCUT2D eigenvalue weighted by molar-refractivity contribution is 5.82. The summed E-state index contributed by atoms with van der Waals surface area (Å²) in [4.78, 5) is 24.2. The molecule has 0 amide bonds. The van der Waals surface area contributed by atoms with Crippen molar-refractivity contribution in [3.63, 3.8) is 0 Å². The van der Waals surface area contributed by atoms with Crippen molar-refractivity contribution >= 4 is 17.3 Å². The first kappa shape index (κ1) is 24.8. The molecule has 0 fully saturated rings. The van der Waals surface area contributed by atoms with Crippen LogP contribution in [0.4, 0.5) is 11.4 Å². The van der Waals surface area contributed by atoms with Crippen LogP contribution in [0.5, 0.6) is 11.5 Å². The standard InChI is InChI=1S/C26H23N3O6/c1-3-13-34-26(30)24(28-21-11-9-18(16-27)10-12-21)20-14-22(29(31)32)25(23(15-20)33-2)35-17-19-7-5-4-6-8-19/h3-12,14-15,24,28H,1,13,17H2,2H3. The normalized spacial score (nSPS) is 11.0. The van der Waals surface area contributed by atoms with Crippen molar-refractivity contribution in [2.75, 3.05) is 19.0 Å². The second-order valence-corrected chi connectivity index (χ2v) is 7.29. The molecule has 0 bridgehead atoms. The number of nitrogens with zero attached hydrogens (tertiary/aromatic N) is 2. The zero-order chi connectivity index (χ0) is 25.2. The first-order valence-electron chi connectivity index (χ1n) is 10.5. The highest BCUT2D eigenvalue weighted by atomic mass is 16.6. The number of anilines is 1. The molecule has 3 rings (SSSR count). The Morgan fingerprint density at radius 2 is 1.91 bits per heavy atom. The SMILES string of the molecule is C=CCOC(=O)C(Nc1ccc(C#N)cc1)c1cc(OC)c(OCc2ccccc2)c([N+](=O)[O-])c1. The van der Waals surface area contributed by atoms with Gasteiger partial charge >= 0.3 is 11.7 Å². The number of carbonyl (C=O) groups is 1. The minimum absolute atomic E-state index is 0.0398. The van der Waals surface area contributed by atoms with Crippen LogP contribution in [0.3, 0.4) is 0 Å². The fraction of sp³-hybridized carbons (Fsp3) is 0.154. The molecular formula is C26H23N3O6. The number of benzene rings is 3. The molecule has 1 N–H and O–H groups in total. The van der Waals surface area contributed by atoms with E-state index in [0.29, 0.717) is 11.3 Å². The van der Waals surface area contributed by atoms with Crippen molar-refractivity contribution < 1.29 is 23.9 Å². The fourth-order valence-corrected chi connectivity index (χ4v) is 3.25. The van der Waals surface area contributed by atoms with E-state index in [-0.39, 0.29) is 36.0 Å². The van der Waals surface area contributed by atoms with E-state index < -0.39 is 16.9 Å². The van der Waals surface area contributed by atoms with Gasteiger partial charge in [0.2, 0.25) is 5.75 Å². The molecule has 0 aliphatic heterocycles. The molecule has 9 nitrogen and oxygen atoms in total. The van der Waals surface area contributed by atoms with Crippen LogP contribution in [0.15, 0.2) is 79.4 Å². The number of nitro benzene ring substituents is 1.